The van der Waals surface area contributed by atoms with Gasteiger partial charge >= 0.3 is 0 Å². The summed E-state index contributed by atoms with van der Waals surface area (Å²) in [5.41, 5.74) is 2.56. The van der Waals surface area contributed by atoms with Crippen LogP contribution in [0.5, 0.6) is 0 Å². The summed E-state index contributed by atoms with van der Waals surface area (Å²) in [6.45, 7) is 0.340. The average molecular weight is 388 g/mol. The van der Waals surface area contributed by atoms with E-state index in [9.17, 15) is 9.18 Å². The Kier molecular flexibility index (Phi) is 5.55. The normalized spacial score (nSPS) is 17.9. The first-order valence-corrected chi connectivity index (χ1v) is 11.2. The SMILES string of the molecule is O=C(c1ccc(C2SCCCS2)cc1)N(Cc1ccccc1F)C1CC1. The Morgan fingerprint density at radius 1 is 1.04 bits per heavy atom. The monoisotopic (exact) mass is 387 g/mol. The number of carbonyl (C=O) groups excluding carboxylic acids is 1. The standard InChI is InChI=1S/C21H22FNOS2/c22-19-5-2-1-4-17(19)14-23(18-10-11-18)20(24)15-6-8-16(9-7-15)21-25-12-3-13-26-21/h1-2,4-9,18,21H,3,10-14H2. The summed E-state index contributed by atoms with van der Waals surface area (Å²) in [6, 6.07) is 15.0. The fourth-order valence-electron chi connectivity index (χ4n) is 3.19. The molecule has 1 aliphatic heterocycles. The molecule has 0 atom stereocenters. The maximum atomic E-state index is 14.0. The summed E-state index contributed by atoms with van der Waals surface area (Å²) >= 11 is 3.96. The van der Waals surface area contributed by atoms with E-state index in [-0.39, 0.29) is 17.8 Å². The molecule has 0 N–H and O–H groups in total. The molecule has 1 amide bonds. The maximum absolute atomic E-state index is 14.0. The summed E-state index contributed by atoms with van der Waals surface area (Å²) in [5, 5.41) is 0. The molecule has 2 nitrogen and oxygen atoms in total. The zero-order chi connectivity index (χ0) is 17.9. The molecular weight excluding hydrogens is 365 g/mol. The second-order valence-corrected chi connectivity index (χ2v) is 9.53. The molecule has 0 unspecified atom stereocenters. The van der Waals surface area contributed by atoms with Crippen molar-refractivity contribution in [3.05, 3.63) is 71.0 Å². The molecule has 0 bridgehead atoms. The molecule has 4 rings (SSSR count). The van der Waals surface area contributed by atoms with Gasteiger partial charge in [0, 0.05) is 23.7 Å². The summed E-state index contributed by atoms with van der Waals surface area (Å²) in [7, 11) is 0. The zero-order valence-corrected chi connectivity index (χ0v) is 16.2. The predicted molar refractivity (Wildman–Crippen MR) is 108 cm³/mol. The molecular formula is C21H22FNOS2. The van der Waals surface area contributed by atoms with Crippen molar-refractivity contribution >= 4 is 29.4 Å². The summed E-state index contributed by atoms with van der Waals surface area (Å²) in [5.74, 6) is 2.17. The first kappa shape index (κ1) is 17.9. The van der Waals surface area contributed by atoms with E-state index in [4.69, 9.17) is 0 Å². The molecule has 5 heteroatoms. The molecule has 1 aliphatic carbocycles. The number of nitrogens with zero attached hydrogens (tertiary/aromatic N) is 1. The minimum atomic E-state index is -0.243. The zero-order valence-electron chi connectivity index (χ0n) is 14.6. The Bertz CT molecular complexity index is 770. The lowest BCUT2D eigenvalue weighted by atomic mass is 10.1. The molecule has 1 saturated carbocycles. The summed E-state index contributed by atoms with van der Waals surface area (Å²) in [4.78, 5) is 14.9. The highest BCUT2D eigenvalue weighted by Gasteiger charge is 2.33. The van der Waals surface area contributed by atoms with Crippen LogP contribution in [-0.4, -0.2) is 28.4 Å². The van der Waals surface area contributed by atoms with Gasteiger partial charge in [0.1, 0.15) is 5.82 Å². The van der Waals surface area contributed by atoms with Crippen LogP contribution in [0.3, 0.4) is 0 Å². The number of hydrogen-bond acceptors (Lipinski definition) is 3. The van der Waals surface area contributed by atoms with E-state index in [0.717, 1.165) is 12.8 Å². The third kappa shape index (κ3) is 4.09. The van der Waals surface area contributed by atoms with Gasteiger partial charge in [-0.05, 0) is 54.5 Å². The van der Waals surface area contributed by atoms with E-state index >= 15 is 0 Å². The molecule has 1 saturated heterocycles. The Balaban J connectivity index is 1.50. The van der Waals surface area contributed by atoms with Gasteiger partial charge < -0.3 is 4.90 Å². The lowest BCUT2D eigenvalue weighted by Crippen LogP contribution is -2.32. The molecule has 0 spiro atoms. The van der Waals surface area contributed by atoms with Gasteiger partial charge in [0.25, 0.3) is 5.91 Å². The third-order valence-electron chi connectivity index (χ3n) is 4.80. The van der Waals surface area contributed by atoms with E-state index in [1.165, 1.54) is 29.6 Å². The highest BCUT2D eigenvalue weighted by molar-refractivity contribution is 8.16. The van der Waals surface area contributed by atoms with Crippen LogP contribution in [0.15, 0.2) is 48.5 Å². The van der Waals surface area contributed by atoms with Crippen molar-refractivity contribution in [1.29, 1.82) is 0 Å². The van der Waals surface area contributed by atoms with Crippen LogP contribution in [0.1, 0.15) is 45.3 Å². The minimum Gasteiger partial charge on any atom is -0.331 e. The lowest BCUT2D eigenvalue weighted by Gasteiger charge is -2.24. The lowest BCUT2D eigenvalue weighted by molar-refractivity contribution is 0.0728. The molecule has 1 heterocycles. The van der Waals surface area contributed by atoms with Gasteiger partial charge in [0.05, 0.1) is 4.58 Å². The fourth-order valence-corrected chi connectivity index (χ4v) is 6.09. The smallest absolute Gasteiger partial charge is 0.254 e. The number of thioether (sulfide) groups is 2. The second-order valence-electron chi connectivity index (χ2n) is 6.80. The molecule has 26 heavy (non-hydrogen) atoms. The first-order chi connectivity index (χ1) is 12.7. The van der Waals surface area contributed by atoms with Gasteiger partial charge in [0.2, 0.25) is 0 Å². The van der Waals surface area contributed by atoms with Crippen LogP contribution >= 0.6 is 23.5 Å². The Hall–Kier alpha value is -1.46. The number of carbonyl (C=O) groups is 1. The van der Waals surface area contributed by atoms with Crippen LogP contribution in [0, 0.1) is 5.82 Å². The summed E-state index contributed by atoms with van der Waals surface area (Å²) in [6.07, 6.45) is 3.29. The largest absolute Gasteiger partial charge is 0.331 e. The van der Waals surface area contributed by atoms with Crippen LogP contribution in [0.2, 0.25) is 0 Å². The Morgan fingerprint density at radius 2 is 1.73 bits per heavy atom. The van der Waals surface area contributed by atoms with Crippen LogP contribution in [0.4, 0.5) is 4.39 Å². The van der Waals surface area contributed by atoms with E-state index in [1.54, 1.807) is 12.1 Å². The van der Waals surface area contributed by atoms with Gasteiger partial charge in [-0.25, -0.2) is 4.39 Å². The second kappa shape index (κ2) is 8.05. The van der Waals surface area contributed by atoms with Crippen molar-refractivity contribution in [2.45, 2.75) is 36.4 Å². The predicted octanol–water partition coefficient (Wildman–Crippen LogP) is 5.50. The van der Waals surface area contributed by atoms with Gasteiger partial charge in [-0.1, -0.05) is 30.3 Å². The molecule has 2 aromatic rings. The van der Waals surface area contributed by atoms with E-state index in [1.807, 2.05) is 46.6 Å². The topological polar surface area (TPSA) is 20.3 Å². The van der Waals surface area contributed by atoms with E-state index in [2.05, 4.69) is 12.1 Å². The van der Waals surface area contributed by atoms with Gasteiger partial charge in [-0.3, -0.25) is 4.79 Å². The minimum absolute atomic E-state index is 0.00579. The van der Waals surface area contributed by atoms with Gasteiger partial charge in [-0.2, -0.15) is 0 Å². The number of rotatable bonds is 5. The molecule has 2 aromatic carbocycles. The maximum Gasteiger partial charge on any atom is 0.254 e. The van der Waals surface area contributed by atoms with Crippen LogP contribution in [0.25, 0.3) is 0 Å². The fraction of sp³-hybridized carbons (Fsp3) is 0.381. The first-order valence-electron chi connectivity index (χ1n) is 9.10. The Labute approximate surface area is 162 Å². The van der Waals surface area contributed by atoms with Crippen molar-refractivity contribution < 1.29 is 9.18 Å². The highest BCUT2D eigenvalue weighted by Crippen LogP contribution is 2.43. The molecule has 2 fully saturated rings. The van der Waals surface area contributed by atoms with Crippen LogP contribution in [-0.2, 0) is 6.54 Å². The van der Waals surface area contributed by atoms with Crippen molar-refractivity contribution in [3.8, 4) is 0 Å². The van der Waals surface area contributed by atoms with E-state index < -0.39 is 0 Å². The Morgan fingerprint density at radius 3 is 2.38 bits per heavy atom. The van der Waals surface area contributed by atoms with Crippen molar-refractivity contribution in [2.24, 2.45) is 0 Å². The molecule has 2 aliphatic rings. The van der Waals surface area contributed by atoms with Gasteiger partial charge in [-0.15, -0.1) is 23.5 Å². The molecule has 0 aromatic heterocycles. The van der Waals surface area contributed by atoms with Gasteiger partial charge in [0.15, 0.2) is 0 Å². The average Bonchev–Trinajstić information content (AvgIpc) is 3.53. The van der Waals surface area contributed by atoms with Crippen LogP contribution < -0.4 is 0 Å². The number of halogens is 1. The number of hydrogen-bond donors (Lipinski definition) is 0. The molecule has 0 radical (unpaired) electrons. The third-order valence-corrected chi connectivity index (χ3v) is 7.82. The van der Waals surface area contributed by atoms with E-state index in [0.29, 0.717) is 22.3 Å². The van der Waals surface area contributed by atoms with Crippen molar-refractivity contribution in [1.82, 2.24) is 4.90 Å². The number of amides is 1. The van der Waals surface area contributed by atoms with Crippen molar-refractivity contribution in [3.63, 3.8) is 0 Å². The van der Waals surface area contributed by atoms with Crippen molar-refractivity contribution in [2.75, 3.05) is 11.5 Å². The number of benzene rings is 2. The quantitative estimate of drug-likeness (QED) is 0.676. The highest BCUT2D eigenvalue weighted by atomic mass is 32.2. The summed E-state index contributed by atoms with van der Waals surface area (Å²) < 4.78 is 14.5. The molecule has 136 valence electrons.